The van der Waals surface area contributed by atoms with Crippen molar-refractivity contribution < 1.29 is 21.6 Å². The first-order chi connectivity index (χ1) is 17.7. The van der Waals surface area contributed by atoms with Crippen molar-refractivity contribution in [2.45, 2.75) is 36.1 Å². The summed E-state index contributed by atoms with van der Waals surface area (Å²) in [5.41, 5.74) is 2.14. The van der Waals surface area contributed by atoms with E-state index < -0.39 is 20.0 Å². The molecule has 0 aromatic heterocycles. The monoisotopic (exact) mass is 545 g/mol. The highest BCUT2D eigenvalue weighted by molar-refractivity contribution is 7.89. The van der Waals surface area contributed by atoms with Gasteiger partial charge >= 0.3 is 0 Å². The Kier molecular flexibility index (Phi) is 10.7. The number of hydrogen-bond donors (Lipinski definition) is 2. The third kappa shape index (κ3) is 9.24. The highest BCUT2D eigenvalue weighted by atomic mass is 32.2. The summed E-state index contributed by atoms with van der Waals surface area (Å²) in [5.74, 6) is 0.594. The predicted molar refractivity (Wildman–Crippen MR) is 146 cm³/mol. The lowest BCUT2D eigenvalue weighted by Gasteiger charge is -2.22. The molecule has 0 saturated heterocycles. The molecule has 0 bridgehead atoms. The zero-order valence-corrected chi connectivity index (χ0v) is 22.9. The summed E-state index contributed by atoms with van der Waals surface area (Å²) in [6.07, 6.45) is 1.23. The first kappa shape index (κ1) is 28.8. The summed E-state index contributed by atoms with van der Waals surface area (Å²) in [4.78, 5) is 2.65. The number of aryl methyl sites for hydroxylation is 1. The third-order valence-electron chi connectivity index (χ3n) is 5.84. The van der Waals surface area contributed by atoms with Crippen molar-refractivity contribution in [3.63, 3.8) is 0 Å². The SMILES string of the molecule is COc1ccc(S(=O)(=O)NCCCN(CCCNS(=O)(=O)c2ccc(C)cc2)Cc2ccccc2)cc1. The molecule has 0 amide bonds. The molecule has 0 aliphatic heterocycles. The average molecular weight is 546 g/mol. The largest absolute Gasteiger partial charge is 0.497 e. The number of ether oxygens (including phenoxy) is 1. The van der Waals surface area contributed by atoms with Gasteiger partial charge in [0, 0.05) is 19.6 Å². The lowest BCUT2D eigenvalue weighted by molar-refractivity contribution is 0.260. The number of methoxy groups -OCH3 is 1. The molecular weight excluding hydrogens is 510 g/mol. The molecule has 0 heterocycles. The van der Waals surface area contributed by atoms with Gasteiger partial charge in [-0.25, -0.2) is 26.3 Å². The molecule has 3 rings (SSSR count). The van der Waals surface area contributed by atoms with E-state index in [9.17, 15) is 16.8 Å². The van der Waals surface area contributed by atoms with E-state index >= 15 is 0 Å². The highest BCUT2D eigenvalue weighted by Gasteiger charge is 2.15. The molecule has 8 nitrogen and oxygen atoms in total. The second-order valence-electron chi connectivity index (χ2n) is 8.75. The van der Waals surface area contributed by atoms with Crippen molar-refractivity contribution in [3.8, 4) is 5.75 Å². The molecule has 2 N–H and O–H groups in total. The van der Waals surface area contributed by atoms with Gasteiger partial charge in [0.05, 0.1) is 16.9 Å². The van der Waals surface area contributed by atoms with Crippen LogP contribution in [0, 0.1) is 6.92 Å². The zero-order chi connectivity index (χ0) is 26.7. The van der Waals surface area contributed by atoms with Crippen LogP contribution < -0.4 is 14.2 Å². The molecule has 0 aliphatic carbocycles. The lowest BCUT2D eigenvalue weighted by Crippen LogP contribution is -2.32. The Morgan fingerprint density at radius 3 is 1.68 bits per heavy atom. The summed E-state index contributed by atoms with van der Waals surface area (Å²) in [6.45, 7) is 4.53. The number of benzene rings is 3. The maximum atomic E-state index is 12.6. The molecule has 0 aliphatic rings. The Morgan fingerprint density at radius 1 is 0.703 bits per heavy atom. The molecule has 0 radical (unpaired) electrons. The van der Waals surface area contributed by atoms with Crippen LogP contribution in [0.5, 0.6) is 5.75 Å². The normalized spacial score (nSPS) is 12.1. The Bertz CT molecular complexity index is 1310. The van der Waals surface area contributed by atoms with Crippen LogP contribution in [-0.2, 0) is 26.6 Å². The van der Waals surface area contributed by atoms with E-state index in [1.807, 2.05) is 37.3 Å². The van der Waals surface area contributed by atoms with Crippen LogP contribution in [0.25, 0.3) is 0 Å². The Balaban J connectivity index is 1.51. The predicted octanol–water partition coefficient (Wildman–Crippen LogP) is 3.54. The van der Waals surface area contributed by atoms with Crippen molar-refractivity contribution in [2.24, 2.45) is 0 Å². The Labute approximate surface area is 220 Å². The van der Waals surface area contributed by atoms with Gasteiger partial charge in [-0.2, -0.15) is 0 Å². The van der Waals surface area contributed by atoms with Gasteiger partial charge in [-0.05, 0) is 74.8 Å². The molecule has 37 heavy (non-hydrogen) atoms. The van der Waals surface area contributed by atoms with Gasteiger partial charge < -0.3 is 4.74 Å². The van der Waals surface area contributed by atoms with Gasteiger partial charge in [0.2, 0.25) is 20.0 Å². The van der Waals surface area contributed by atoms with E-state index in [0.717, 1.165) is 11.1 Å². The number of nitrogens with zero attached hydrogens (tertiary/aromatic N) is 1. The molecule has 10 heteroatoms. The smallest absolute Gasteiger partial charge is 0.240 e. The standard InChI is InChI=1S/C27H35N3O5S2/c1-23-10-14-26(15-11-23)36(31,32)28-18-6-20-30(22-24-8-4-3-5-9-24)21-7-19-29-37(33,34)27-16-12-25(35-2)13-17-27/h3-5,8-17,28-29H,6-7,18-22H2,1-2H3. The second-order valence-corrected chi connectivity index (χ2v) is 12.3. The third-order valence-corrected chi connectivity index (χ3v) is 8.79. The van der Waals surface area contributed by atoms with Crippen LogP contribution in [0.2, 0.25) is 0 Å². The van der Waals surface area contributed by atoms with Crippen LogP contribution in [0.4, 0.5) is 0 Å². The van der Waals surface area contributed by atoms with Crippen molar-refractivity contribution in [1.82, 2.24) is 14.3 Å². The van der Waals surface area contributed by atoms with E-state index in [1.54, 1.807) is 36.4 Å². The minimum Gasteiger partial charge on any atom is -0.497 e. The van der Waals surface area contributed by atoms with Crippen molar-refractivity contribution in [1.29, 1.82) is 0 Å². The van der Waals surface area contributed by atoms with Gasteiger partial charge in [0.15, 0.2) is 0 Å². The van der Waals surface area contributed by atoms with Crippen molar-refractivity contribution >= 4 is 20.0 Å². The molecule has 0 fully saturated rings. The van der Waals surface area contributed by atoms with Crippen LogP contribution in [0.1, 0.15) is 24.0 Å². The molecule has 3 aromatic rings. The van der Waals surface area contributed by atoms with E-state index in [2.05, 4.69) is 14.3 Å². The summed E-state index contributed by atoms with van der Waals surface area (Å²) in [7, 11) is -5.63. The quantitative estimate of drug-likeness (QED) is 0.283. The van der Waals surface area contributed by atoms with Crippen LogP contribution >= 0.6 is 0 Å². The first-order valence-corrected chi connectivity index (χ1v) is 15.1. The summed E-state index contributed by atoms with van der Waals surface area (Å²) < 4.78 is 60.6. The first-order valence-electron chi connectivity index (χ1n) is 12.2. The summed E-state index contributed by atoms with van der Waals surface area (Å²) in [6, 6.07) is 23.0. The minimum absolute atomic E-state index is 0.190. The molecule has 3 aromatic carbocycles. The average Bonchev–Trinajstić information content (AvgIpc) is 2.89. The van der Waals surface area contributed by atoms with E-state index in [4.69, 9.17) is 4.74 Å². The summed E-state index contributed by atoms with van der Waals surface area (Å²) >= 11 is 0. The lowest BCUT2D eigenvalue weighted by atomic mass is 10.2. The minimum atomic E-state index is -3.61. The van der Waals surface area contributed by atoms with Gasteiger partial charge in [-0.3, -0.25) is 4.90 Å². The molecule has 0 unspecified atom stereocenters. The van der Waals surface area contributed by atoms with Crippen LogP contribution in [0.3, 0.4) is 0 Å². The van der Waals surface area contributed by atoms with E-state index in [-0.39, 0.29) is 9.79 Å². The number of sulfonamides is 2. The zero-order valence-electron chi connectivity index (χ0n) is 21.3. The number of hydrogen-bond acceptors (Lipinski definition) is 6. The fourth-order valence-corrected chi connectivity index (χ4v) is 5.92. The maximum absolute atomic E-state index is 12.6. The van der Waals surface area contributed by atoms with Crippen molar-refractivity contribution in [2.75, 3.05) is 33.3 Å². The molecule has 0 atom stereocenters. The Hall–Kier alpha value is -2.76. The van der Waals surface area contributed by atoms with Gasteiger partial charge in [-0.15, -0.1) is 0 Å². The van der Waals surface area contributed by atoms with Crippen LogP contribution in [-0.4, -0.2) is 55.0 Å². The maximum Gasteiger partial charge on any atom is 0.240 e. The topological polar surface area (TPSA) is 105 Å². The second kappa shape index (κ2) is 13.7. The number of rotatable bonds is 15. The van der Waals surface area contributed by atoms with E-state index in [0.29, 0.717) is 51.3 Å². The summed E-state index contributed by atoms with van der Waals surface area (Å²) in [5, 5.41) is 0. The van der Waals surface area contributed by atoms with Crippen molar-refractivity contribution in [3.05, 3.63) is 90.0 Å². The number of nitrogens with one attached hydrogen (secondary N) is 2. The molecule has 200 valence electrons. The molecular formula is C27H35N3O5S2. The van der Waals surface area contributed by atoms with Gasteiger partial charge in [0.25, 0.3) is 0 Å². The van der Waals surface area contributed by atoms with Crippen LogP contribution in [0.15, 0.2) is 88.7 Å². The highest BCUT2D eigenvalue weighted by Crippen LogP contribution is 2.15. The molecule has 0 saturated carbocycles. The Morgan fingerprint density at radius 2 is 1.19 bits per heavy atom. The van der Waals surface area contributed by atoms with Gasteiger partial charge in [0.1, 0.15) is 5.75 Å². The molecule has 0 spiro atoms. The van der Waals surface area contributed by atoms with E-state index in [1.165, 1.54) is 19.2 Å². The fourth-order valence-electron chi connectivity index (χ4n) is 3.77. The van der Waals surface area contributed by atoms with Gasteiger partial charge in [-0.1, -0.05) is 48.0 Å². The fraction of sp³-hybridized carbons (Fsp3) is 0.333.